The number of rotatable bonds is 6. The van der Waals surface area contributed by atoms with E-state index in [9.17, 15) is 4.39 Å². The molecule has 2 N–H and O–H groups in total. The van der Waals surface area contributed by atoms with Crippen LogP contribution in [0.5, 0.6) is 5.75 Å². The molecule has 0 aliphatic carbocycles. The molecule has 0 saturated carbocycles. The van der Waals surface area contributed by atoms with Gasteiger partial charge in [0.15, 0.2) is 11.6 Å². The van der Waals surface area contributed by atoms with E-state index in [-0.39, 0.29) is 17.6 Å². The fourth-order valence-corrected chi connectivity index (χ4v) is 2.04. The summed E-state index contributed by atoms with van der Waals surface area (Å²) in [4.78, 5) is 3.97. The van der Waals surface area contributed by atoms with Gasteiger partial charge in [-0.25, -0.2) is 4.39 Å². The molecule has 0 unspecified atom stereocenters. The van der Waals surface area contributed by atoms with Gasteiger partial charge in [0.1, 0.15) is 0 Å². The highest BCUT2D eigenvalue weighted by molar-refractivity contribution is 5.36. The second-order valence-corrected chi connectivity index (χ2v) is 4.75. The van der Waals surface area contributed by atoms with E-state index >= 15 is 0 Å². The summed E-state index contributed by atoms with van der Waals surface area (Å²) in [5.74, 6) is -0.0825. The van der Waals surface area contributed by atoms with Crippen molar-refractivity contribution in [2.75, 3.05) is 6.61 Å². The van der Waals surface area contributed by atoms with Crippen LogP contribution < -0.4 is 10.5 Å². The minimum Gasteiger partial charge on any atom is -0.490 e. The third-order valence-corrected chi connectivity index (χ3v) is 3.09. The van der Waals surface area contributed by atoms with Crippen LogP contribution in [0.1, 0.15) is 30.5 Å². The van der Waals surface area contributed by atoms with Gasteiger partial charge in [0.25, 0.3) is 0 Å². The highest BCUT2D eigenvalue weighted by Crippen LogP contribution is 2.27. The van der Waals surface area contributed by atoms with Gasteiger partial charge in [-0.2, -0.15) is 0 Å². The summed E-state index contributed by atoms with van der Waals surface area (Å²) in [6.07, 6.45) is 5.23. The van der Waals surface area contributed by atoms with E-state index in [2.05, 4.69) is 4.98 Å². The van der Waals surface area contributed by atoms with Gasteiger partial charge < -0.3 is 10.5 Å². The molecule has 1 heterocycles. The summed E-state index contributed by atoms with van der Waals surface area (Å²) in [5.41, 5.74) is 7.73. The maximum absolute atomic E-state index is 13.8. The molecule has 20 heavy (non-hydrogen) atoms. The minimum atomic E-state index is -0.358. The third-order valence-electron chi connectivity index (χ3n) is 3.09. The Morgan fingerprint density at radius 1 is 1.25 bits per heavy atom. The Balaban J connectivity index is 1.91. The molecule has 1 atom stereocenters. The first kappa shape index (κ1) is 14.5. The number of nitrogens with two attached hydrogens (primary N) is 1. The van der Waals surface area contributed by atoms with Gasteiger partial charge in [-0.05, 0) is 43.5 Å². The molecule has 4 heteroatoms. The van der Waals surface area contributed by atoms with Crippen molar-refractivity contribution < 1.29 is 9.13 Å². The summed E-state index contributed by atoms with van der Waals surface area (Å²) in [6, 6.07) is 8.53. The number of ether oxygens (including phenoxy) is 1. The van der Waals surface area contributed by atoms with E-state index < -0.39 is 0 Å². The predicted octanol–water partition coefficient (Wildman–Crippen LogP) is 3.25. The molecular formula is C16H19FN2O. The van der Waals surface area contributed by atoms with Crippen LogP contribution in [0.3, 0.4) is 0 Å². The van der Waals surface area contributed by atoms with E-state index in [1.807, 2.05) is 19.1 Å². The Labute approximate surface area is 118 Å². The lowest BCUT2D eigenvalue weighted by atomic mass is 10.1. The molecule has 1 aromatic carbocycles. The Morgan fingerprint density at radius 3 is 2.70 bits per heavy atom. The quantitative estimate of drug-likeness (QED) is 0.823. The fraction of sp³-hybridized carbons (Fsp3) is 0.312. The molecule has 0 fully saturated rings. The summed E-state index contributed by atoms with van der Waals surface area (Å²) < 4.78 is 19.4. The van der Waals surface area contributed by atoms with Crippen molar-refractivity contribution in [3.63, 3.8) is 0 Å². The van der Waals surface area contributed by atoms with Crippen LogP contribution in [0, 0.1) is 5.82 Å². The zero-order valence-corrected chi connectivity index (χ0v) is 11.6. The maximum Gasteiger partial charge on any atom is 0.165 e. The number of pyridine rings is 1. The van der Waals surface area contributed by atoms with E-state index in [1.54, 1.807) is 24.5 Å². The first-order valence-electron chi connectivity index (χ1n) is 6.74. The lowest BCUT2D eigenvalue weighted by Crippen LogP contribution is -2.10. The average Bonchev–Trinajstić information content (AvgIpc) is 2.45. The summed E-state index contributed by atoms with van der Waals surface area (Å²) >= 11 is 0. The van der Waals surface area contributed by atoms with Crippen LogP contribution in [0.2, 0.25) is 0 Å². The molecule has 2 rings (SSSR count). The fourth-order valence-electron chi connectivity index (χ4n) is 2.04. The average molecular weight is 274 g/mol. The van der Waals surface area contributed by atoms with Crippen LogP contribution in [-0.2, 0) is 6.42 Å². The van der Waals surface area contributed by atoms with E-state index in [4.69, 9.17) is 10.5 Å². The van der Waals surface area contributed by atoms with Crippen molar-refractivity contribution in [3.05, 3.63) is 59.7 Å². The van der Waals surface area contributed by atoms with Crippen molar-refractivity contribution >= 4 is 0 Å². The van der Waals surface area contributed by atoms with Gasteiger partial charge >= 0.3 is 0 Å². The number of nitrogens with zero attached hydrogens (tertiary/aromatic N) is 1. The van der Waals surface area contributed by atoms with Crippen molar-refractivity contribution in [1.82, 2.24) is 4.98 Å². The molecule has 2 aromatic rings. The highest BCUT2D eigenvalue weighted by atomic mass is 19.1. The standard InChI is InChI=1S/C16H19FN2O/c1-12(18)14-5-2-6-15(17)16(14)20-11-3-4-13-7-9-19-10-8-13/h2,5-10,12H,3-4,11,18H2,1H3/t12-/m0/s1. The minimum absolute atomic E-state index is 0.249. The van der Waals surface area contributed by atoms with E-state index in [1.165, 1.54) is 11.6 Å². The number of para-hydroxylation sites is 1. The first-order valence-corrected chi connectivity index (χ1v) is 6.74. The second-order valence-electron chi connectivity index (χ2n) is 4.75. The van der Waals surface area contributed by atoms with Gasteiger partial charge in [0.05, 0.1) is 6.61 Å². The number of aromatic nitrogens is 1. The van der Waals surface area contributed by atoms with E-state index in [0.29, 0.717) is 12.2 Å². The van der Waals surface area contributed by atoms with Gasteiger partial charge in [0.2, 0.25) is 0 Å². The molecule has 0 radical (unpaired) electrons. The molecule has 0 aliphatic heterocycles. The van der Waals surface area contributed by atoms with Crippen LogP contribution in [-0.4, -0.2) is 11.6 Å². The SMILES string of the molecule is C[C@H](N)c1cccc(F)c1OCCCc1ccncc1. The normalized spacial score (nSPS) is 12.2. The molecule has 106 valence electrons. The number of hydrogen-bond donors (Lipinski definition) is 1. The maximum atomic E-state index is 13.8. The molecule has 1 aromatic heterocycles. The third kappa shape index (κ3) is 3.78. The topological polar surface area (TPSA) is 48.1 Å². The first-order chi connectivity index (χ1) is 9.68. The number of benzene rings is 1. The Morgan fingerprint density at radius 2 is 2.00 bits per heavy atom. The molecule has 3 nitrogen and oxygen atoms in total. The van der Waals surface area contributed by atoms with Gasteiger partial charge in [-0.1, -0.05) is 12.1 Å². The van der Waals surface area contributed by atoms with Crippen LogP contribution in [0.25, 0.3) is 0 Å². The summed E-state index contributed by atoms with van der Waals surface area (Å²) in [7, 11) is 0. The molecule has 0 saturated heterocycles. The van der Waals surface area contributed by atoms with E-state index in [0.717, 1.165) is 12.8 Å². The largest absolute Gasteiger partial charge is 0.490 e. The number of aryl methyl sites for hydroxylation is 1. The van der Waals surface area contributed by atoms with Gasteiger partial charge in [-0.15, -0.1) is 0 Å². The Kier molecular flexibility index (Phi) is 5.07. The molecule has 0 aliphatic rings. The van der Waals surface area contributed by atoms with Gasteiger partial charge in [-0.3, -0.25) is 4.98 Å². The van der Waals surface area contributed by atoms with Crippen LogP contribution >= 0.6 is 0 Å². The smallest absolute Gasteiger partial charge is 0.165 e. The zero-order chi connectivity index (χ0) is 14.4. The van der Waals surface area contributed by atoms with Crippen LogP contribution in [0.4, 0.5) is 4.39 Å². The lowest BCUT2D eigenvalue weighted by molar-refractivity contribution is 0.291. The number of hydrogen-bond acceptors (Lipinski definition) is 3. The molecule has 0 spiro atoms. The lowest BCUT2D eigenvalue weighted by Gasteiger charge is -2.14. The molecule has 0 amide bonds. The Hall–Kier alpha value is -1.94. The zero-order valence-electron chi connectivity index (χ0n) is 11.6. The van der Waals surface area contributed by atoms with Crippen molar-refractivity contribution in [2.24, 2.45) is 5.73 Å². The highest BCUT2D eigenvalue weighted by Gasteiger charge is 2.12. The van der Waals surface area contributed by atoms with Crippen molar-refractivity contribution in [2.45, 2.75) is 25.8 Å². The monoisotopic (exact) mass is 274 g/mol. The summed E-state index contributed by atoms with van der Waals surface area (Å²) in [6.45, 7) is 2.28. The Bertz CT molecular complexity index is 543. The molecule has 0 bridgehead atoms. The van der Waals surface area contributed by atoms with Gasteiger partial charge in [0, 0.05) is 24.0 Å². The second kappa shape index (κ2) is 7.01. The van der Waals surface area contributed by atoms with Crippen LogP contribution in [0.15, 0.2) is 42.7 Å². The van der Waals surface area contributed by atoms with Crippen molar-refractivity contribution in [3.8, 4) is 5.75 Å². The summed E-state index contributed by atoms with van der Waals surface area (Å²) in [5, 5.41) is 0. The number of halogens is 1. The van der Waals surface area contributed by atoms with Crippen molar-refractivity contribution in [1.29, 1.82) is 0 Å². The molecular weight excluding hydrogens is 255 g/mol. The predicted molar refractivity (Wildman–Crippen MR) is 77.1 cm³/mol.